The maximum absolute atomic E-state index is 2.38. The van der Waals surface area contributed by atoms with Gasteiger partial charge in [0.2, 0.25) is 0 Å². The van der Waals surface area contributed by atoms with Gasteiger partial charge in [-0.15, -0.1) is 0 Å². The molecule has 0 unspecified atom stereocenters. The van der Waals surface area contributed by atoms with Gasteiger partial charge in [-0.3, -0.25) is 0 Å². The lowest BCUT2D eigenvalue weighted by Gasteiger charge is -2.29. The third-order valence-electron chi connectivity index (χ3n) is 9.87. The Morgan fingerprint density at radius 3 is 0.860 bits per heavy atom. The van der Waals surface area contributed by atoms with Crippen molar-refractivity contribution in [2.75, 3.05) is 0 Å². The topological polar surface area (TPSA) is 0 Å². The average Bonchev–Trinajstić information content (AvgIpc) is 2.94. The molecule has 0 aliphatic rings. The average molecular weight is 683 g/mol. The van der Waals surface area contributed by atoms with Gasteiger partial charge in [0, 0.05) is 0 Å². The van der Waals surface area contributed by atoms with Gasteiger partial charge in [-0.05, 0) is 116 Å². The highest BCUT2D eigenvalue weighted by molar-refractivity contribution is 5.47. The molecule has 0 aliphatic heterocycles. The Morgan fingerprint density at radius 2 is 0.620 bits per heavy atom. The quantitative estimate of drug-likeness (QED) is 0.243. The fourth-order valence-corrected chi connectivity index (χ4v) is 7.52. The molecule has 0 radical (unpaired) electrons. The smallest absolute Gasteiger partial charge is 0.0129 e. The van der Waals surface area contributed by atoms with Crippen LogP contribution in [0.3, 0.4) is 0 Å². The van der Waals surface area contributed by atoms with Gasteiger partial charge in [0.1, 0.15) is 0 Å². The van der Waals surface area contributed by atoms with Crippen molar-refractivity contribution in [1.82, 2.24) is 0 Å². The maximum Gasteiger partial charge on any atom is -0.0129 e. The molecule has 0 nitrogen and oxygen atoms in total. The minimum Gasteiger partial charge on any atom is -0.0617 e. The van der Waals surface area contributed by atoms with E-state index in [9.17, 15) is 0 Å². The van der Waals surface area contributed by atoms with Crippen molar-refractivity contribution < 1.29 is 0 Å². The molecule has 3 aromatic rings. The molecule has 0 heterocycles. The molecular weight excluding hydrogens is 601 g/mol. The SMILES string of the molecule is CC(C)c1cccc(C(C)(C)C)c1C(C)C.Cc1cc(C(C)C)c(C(C)C)c(C(C)(C)C)c1.Cc1cc(C(C)C)c(C(C)C)c(C(C)(C)C)c1. The molecule has 282 valence electrons. The van der Waals surface area contributed by atoms with Crippen LogP contribution < -0.4 is 0 Å². The van der Waals surface area contributed by atoms with Gasteiger partial charge in [0.25, 0.3) is 0 Å². The molecule has 3 aromatic carbocycles. The summed E-state index contributed by atoms with van der Waals surface area (Å²) in [6.45, 7) is 52.9. The van der Waals surface area contributed by atoms with Gasteiger partial charge in [-0.25, -0.2) is 0 Å². The molecular formula is C50H82. The normalized spacial score (nSPS) is 12.6. The molecule has 50 heavy (non-hydrogen) atoms. The molecule has 3 rings (SSSR count). The lowest BCUT2D eigenvalue weighted by atomic mass is 9.76. The summed E-state index contributed by atoms with van der Waals surface area (Å²) in [6.07, 6.45) is 0. The van der Waals surface area contributed by atoms with E-state index in [1.165, 1.54) is 44.5 Å². The summed E-state index contributed by atoms with van der Waals surface area (Å²) in [4.78, 5) is 0. The van der Waals surface area contributed by atoms with Crippen molar-refractivity contribution in [2.45, 2.75) is 211 Å². The molecule has 0 saturated carbocycles. The van der Waals surface area contributed by atoms with Crippen molar-refractivity contribution in [3.05, 3.63) is 104 Å². The number of aryl methyl sites for hydroxylation is 2. The van der Waals surface area contributed by atoms with E-state index in [4.69, 9.17) is 0 Å². The molecule has 0 atom stereocenters. The van der Waals surface area contributed by atoms with E-state index in [2.05, 4.69) is 202 Å². The summed E-state index contributed by atoms with van der Waals surface area (Å²) in [5.41, 5.74) is 17.3. The van der Waals surface area contributed by atoms with Crippen LogP contribution in [-0.2, 0) is 16.2 Å². The summed E-state index contributed by atoms with van der Waals surface area (Å²) in [5, 5.41) is 0. The van der Waals surface area contributed by atoms with Crippen LogP contribution in [0.2, 0.25) is 0 Å². The molecule has 0 saturated heterocycles. The van der Waals surface area contributed by atoms with Crippen LogP contribution in [-0.4, -0.2) is 0 Å². The third kappa shape index (κ3) is 12.4. The Labute approximate surface area is 313 Å². The highest BCUT2D eigenvalue weighted by atomic mass is 14.3. The highest BCUT2D eigenvalue weighted by Gasteiger charge is 2.25. The van der Waals surface area contributed by atoms with E-state index in [0.717, 1.165) is 0 Å². The standard InChI is InChI=1S/2C17H28.C16H26/c2*1-11(2)14-9-13(5)10-15(17(6,7)8)16(14)12(3)4;1-11(2)13-9-8-10-14(16(5,6)7)15(13)12(3)4/h2*9-12H,1-8H3;8-12H,1-7H3. The third-order valence-corrected chi connectivity index (χ3v) is 9.87. The Bertz CT molecular complexity index is 1420. The van der Waals surface area contributed by atoms with E-state index in [1.807, 2.05) is 0 Å². The van der Waals surface area contributed by atoms with Gasteiger partial charge in [0.15, 0.2) is 0 Å². The number of hydrogen-bond acceptors (Lipinski definition) is 0. The molecule has 0 aliphatic carbocycles. The van der Waals surface area contributed by atoms with Gasteiger partial charge >= 0.3 is 0 Å². The molecule has 0 fully saturated rings. The Morgan fingerprint density at radius 1 is 0.340 bits per heavy atom. The summed E-state index contributed by atoms with van der Waals surface area (Å²) in [5.74, 6) is 3.62. The Hall–Kier alpha value is -2.34. The van der Waals surface area contributed by atoms with Gasteiger partial charge in [0.05, 0.1) is 0 Å². The second-order valence-corrected chi connectivity index (χ2v) is 20.1. The fraction of sp³-hybridized carbons (Fsp3) is 0.640. The van der Waals surface area contributed by atoms with E-state index in [-0.39, 0.29) is 16.2 Å². The monoisotopic (exact) mass is 683 g/mol. The number of rotatable bonds is 6. The summed E-state index contributed by atoms with van der Waals surface area (Å²) in [6, 6.07) is 16.3. The number of hydrogen-bond donors (Lipinski definition) is 0. The number of benzene rings is 3. The van der Waals surface area contributed by atoms with Crippen molar-refractivity contribution >= 4 is 0 Å². The maximum atomic E-state index is 2.38. The molecule has 0 bridgehead atoms. The molecule has 0 aromatic heterocycles. The molecule has 0 spiro atoms. The Balaban J connectivity index is 0.000000375. The lowest BCUT2D eigenvalue weighted by molar-refractivity contribution is 0.572. The second-order valence-electron chi connectivity index (χ2n) is 20.1. The van der Waals surface area contributed by atoms with Crippen LogP contribution >= 0.6 is 0 Å². The Kier molecular flexibility index (Phi) is 16.4. The van der Waals surface area contributed by atoms with Crippen LogP contribution in [0.5, 0.6) is 0 Å². The van der Waals surface area contributed by atoms with Crippen molar-refractivity contribution in [1.29, 1.82) is 0 Å². The predicted octanol–water partition coefficient (Wildman–Crippen LogP) is 16.3. The molecule has 0 N–H and O–H groups in total. The summed E-state index contributed by atoms with van der Waals surface area (Å²) >= 11 is 0. The minimum atomic E-state index is 0.231. The largest absolute Gasteiger partial charge is 0.0617 e. The van der Waals surface area contributed by atoms with Crippen LogP contribution in [0.15, 0.2) is 42.5 Å². The first-order valence-corrected chi connectivity index (χ1v) is 20.0. The first-order valence-electron chi connectivity index (χ1n) is 20.0. The predicted molar refractivity (Wildman–Crippen MR) is 229 cm³/mol. The van der Waals surface area contributed by atoms with Crippen LogP contribution in [0.25, 0.3) is 0 Å². The zero-order chi connectivity index (χ0) is 39.3. The van der Waals surface area contributed by atoms with E-state index in [1.54, 1.807) is 16.7 Å². The minimum absolute atomic E-state index is 0.231. The lowest BCUT2D eigenvalue weighted by Crippen LogP contribution is -2.17. The molecule has 0 amide bonds. The van der Waals surface area contributed by atoms with Gasteiger partial charge < -0.3 is 0 Å². The van der Waals surface area contributed by atoms with Crippen LogP contribution in [0, 0.1) is 13.8 Å². The second kappa shape index (κ2) is 17.9. The van der Waals surface area contributed by atoms with Crippen LogP contribution in [0.4, 0.5) is 0 Å². The summed E-state index contributed by atoms with van der Waals surface area (Å²) < 4.78 is 0. The molecule has 0 heteroatoms. The van der Waals surface area contributed by atoms with Gasteiger partial charge in [-0.2, -0.15) is 0 Å². The van der Waals surface area contributed by atoms with E-state index >= 15 is 0 Å². The van der Waals surface area contributed by atoms with Gasteiger partial charge in [-0.1, -0.05) is 199 Å². The van der Waals surface area contributed by atoms with E-state index in [0.29, 0.717) is 35.5 Å². The fourth-order valence-electron chi connectivity index (χ4n) is 7.52. The zero-order valence-electron chi connectivity index (χ0n) is 37.5. The van der Waals surface area contributed by atoms with Crippen molar-refractivity contribution in [3.8, 4) is 0 Å². The summed E-state index contributed by atoms with van der Waals surface area (Å²) in [7, 11) is 0. The van der Waals surface area contributed by atoms with E-state index < -0.39 is 0 Å². The zero-order valence-corrected chi connectivity index (χ0v) is 37.5. The first-order chi connectivity index (χ1) is 22.5. The highest BCUT2D eigenvalue weighted by Crippen LogP contribution is 2.39. The first kappa shape index (κ1) is 45.7. The van der Waals surface area contributed by atoms with Crippen molar-refractivity contribution in [2.24, 2.45) is 0 Å². The van der Waals surface area contributed by atoms with Crippen LogP contribution in [0.1, 0.15) is 242 Å². The van der Waals surface area contributed by atoms with Crippen molar-refractivity contribution in [3.63, 3.8) is 0 Å².